The van der Waals surface area contributed by atoms with E-state index in [-0.39, 0.29) is 0 Å². The molecule has 0 nitrogen and oxygen atoms in total. The molecule has 0 spiro atoms. The fraction of sp³-hybridized carbons (Fsp3) is 0.538. The maximum absolute atomic E-state index is 2.35. The second-order valence-electron chi connectivity index (χ2n) is 4.88. The topological polar surface area (TPSA) is 0 Å². The van der Waals surface area contributed by atoms with Gasteiger partial charge in [-0.2, -0.15) is 0 Å². The van der Waals surface area contributed by atoms with E-state index < -0.39 is 0 Å². The minimum atomic E-state index is 0.701. The summed E-state index contributed by atoms with van der Waals surface area (Å²) in [6, 6.07) is 6.90. The molecule has 13 heavy (non-hydrogen) atoms. The molecule has 0 saturated heterocycles. The van der Waals surface area contributed by atoms with Crippen molar-refractivity contribution < 1.29 is 0 Å². The van der Waals surface area contributed by atoms with Crippen LogP contribution in [0.3, 0.4) is 0 Å². The first-order valence-corrected chi connectivity index (χ1v) is 5.39. The molecule has 0 aliphatic heterocycles. The molecule has 2 aliphatic carbocycles. The average molecular weight is 172 g/mol. The predicted molar refractivity (Wildman–Crippen MR) is 55.1 cm³/mol. The van der Waals surface area contributed by atoms with Crippen LogP contribution in [0.5, 0.6) is 0 Å². The zero-order valence-corrected chi connectivity index (χ0v) is 8.38. The SMILES string of the molecule is CC(C)c1cccc2c1CC1CC21. The van der Waals surface area contributed by atoms with Gasteiger partial charge in [0, 0.05) is 0 Å². The lowest BCUT2D eigenvalue weighted by Gasteiger charge is -2.13. The second-order valence-corrected chi connectivity index (χ2v) is 4.88. The highest BCUT2D eigenvalue weighted by Crippen LogP contribution is 2.57. The largest absolute Gasteiger partial charge is 0.0617 e. The molecule has 1 saturated carbocycles. The van der Waals surface area contributed by atoms with Gasteiger partial charge in [0.15, 0.2) is 0 Å². The highest BCUT2D eigenvalue weighted by Gasteiger charge is 2.45. The van der Waals surface area contributed by atoms with E-state index in [9.17, 15) is 0 Å². The van der Waals surface area contributed by atoms with E-state index in [0.29, 0.717) is 5.92 Å². The third-order valence-electron chi connectivity index (χ3n) is 3.66. The van der Waals surface area contributed by atoms with Gasteiger partial charge in [-0.3, -0.25) is 0 Å². The molecule has 2 atom stereocenters. The zero-order valence-electron chi connectivity index (χ0n) is 8.38. The number of benzene rings is 1. The molecule has 3 rings (SSSR count). The lowest BCUT2D eigenvalue weighted by molar-refractivity contribution is 0.807. The van der Waals surface area contributed by atoms with Crippen molar-refractivity contribution in [3.63, 3.8) is 0 Å². The van der Waals surface area contributed by atoms with Crippen molar-refractivity contribution in [1.82, 2.24) is 0 Å². The van der Waals surface area contributed by atoms with Crippen molar-refractivity contribution in [1.29, 1.82) is 0 Å². The summed E-state index contributed by atoms with van der Waals surface area (Å²) in [6.45, 7) is 4.61. The summed E-state index contributed by atoms with van der Waals surface area (Å²) in [6.07, 6.45) is 2.84. The van der Waals surface area contributed by atoms with Crippen LogP contribution in [-0.2, 0) is 6.42 Å². The first-order valence-electron chi connectivity index (χ1n) is 5.39. The van der Waals surface area contributed by atoms with Crippen LogP contribution in [0.15, 0.2) is 18.2 Å². The molecule has 0 radical (unpaired) electrons. The summed E-state index contributed by atoms with van der Waals surface area (Å²) in [5.41, 5.74) is 4.97. The van der Waals surface area contributed by atoms with Gasteiger partial charge in [-0.15, -0.1) is 0 Å². The van der Waals surface area contributed by atoms with Gasteiger partial charge in [0.25, 0.3) is 0 Å². The Labute approximate surface area is 80.0 Å². The van der Waals surface area contributed by atoms with Crippen LogP contribution in [0.1, 0.15) is 48.8 Å². The van der Waals surface area contributed by atoms with Gasteiger partial charge in [0.2, 0.25) is 0 Å². The molecule has 2 aliphatic rings. The molecule has 2 unspecified atom stereocenters. The lowest BCUT2D eigenvalue weighted by Crippen LogP contribution is -1.97. The second kappa shape index (κ2) is 2.37. The minimum Gasteiger partial charge on any atom is -0.0617 e. The summed E-state index contributed by atoms with van der Waals surface area (Å²) >= 11 is 0. The van der Waals surface area contributed by atoms with Gasteiger partial charge in [-0.05, 0) is 47.3 Å². The van der Waals surface area contributed by atoms with Crippen LogP contribution in [-0.4, -0.2) is 0 Å². The quantitative estimate of drug-likeness (QED) is 0.608. The first-order chi connectivity index (χ1) is 6.27. The van der Waals surface area contributed by atoms with Gasteiger partial charge < -0.3 is 0 Å². The van der Waals surface area contributed by atoms with Gasteiger partial charge >= 0.3 is 0 Å². The molecule has 0 heteroatoms. The number of fused-ring (bicyclic) bond motifs is 3. The minimum absolute atomic E-state index is 0.701. The van der Waals surface area contributed by atoms with Crippen LogP contribution in [0, 0.1) is 5.92 Å². The van der Waals surface area contributed by atoms with E-state index in [1.165, 1.54) is 12.8 Å². The average Bonchev–Trinajstić information content (AvgIpc) is 2.78. The Morgan fingerprint density at radius 1 is 1.31 bits per heavy atom. The molecule has 1 aromatic rings. The van der Waals surface area contributed by atoms with Crippen molar-refractivity contribution >= 4 is 0 Å². The van der Waals surface area contributed by atoms with Gasteiger partial charge in [-0.1, -0.05) is 32.0 Å². The Morgan fingerprint density at radius 3 is 2.92 bits per heavy atom. The standard InChI is InChI=1S/C13H16/c1-8(2)10-4-3-5-11-12-6-9(12)7-13(10)11/h3-5,8-9,12H,6-7H2,1-2H3. The molecule has 1 aromatic carbocycles. The van der Waals surface area contributed by atoms with Crippen molar-refractivity contribution in [2.45, 2.75) is 38.5 Å². The normalized spacial score (nSPS) is 28.8. The Balaban J connectivity index is 2.13. The van der Waals surface area contributed by atoms with Crippen LogP contribution in [0.25, 0.3) is 0 Å². The molecule has 0 N–H and O–H groups in total. The van der Waals surface area contributed by atoms with E-state index in [1.807, 2.05) is 0 Å². The van der Waals surface area contributed by atoms with Crippen molar-refractivity contribution in [2.75, 3.05) is 0 Å². The summed E-state index contributed by atoms with van der Waals surface area (Å²) in [5, 5.41) is 0. The summed E-state index contributed by atoms with van der Waals surface area (Å²) in [5.74, 6) is 2.68. The Hall–Kier alpha value is -0.780. The van der Waals surface area contributed by atoms with Gasteiger partial charge in [-0.25, -0.2) is 0 Å². The third kappa shape index (κ3) is 0.979. The molecule has 1 fully saturated rings. The molecule has 0 bridgehead atoms. The van der Waals surface area contributed by atoms with Crippen LogP contribution < -0.4 is 0 Å². The van der Waals surface area contributed by atoms with Gasteiger partial charge in [0.1, 0.15) is 0 Å². The summed E-state index contributed by atoms with van der Waals surface area (Å²) in [7, 11) is 0. The van der Waals surface area contributed by atoms with Gasteiger partial charge in [0.05, 0.1) is 0 Å². The molecule has 0 heterocycles. The smallest absolute Gasteiger partial charge is 0.0124 e. The molecule has 0 aromatic heterocycles. The van der Waals surface area contributed by atoms with Crippen molar-refractivity contribution in [3.05, 3.63) is 34.9 Å². The highest BCUT2D eigenvalue weighted by molar-refractivity contribution is 5.47. The molecular formula is C13H16. The maximum atomic E-state index is 2.35. The Morgan fingerprint density at radius 2 is 2.15 bits per heavy atom. The third-order valence-corrected chi connectivity index (χ3v) is 3.66. The monoisotopic (exact) mass is 172 g/mol. The van der Waals surface area contributed by atoms with Crippen LogP contribution >= 0.6 is 0 Å². The van der Waals surface area contributed by atoms with Crippen LogP contribution in [0.2, 0.25) is 0 Å². The highest BCUT2D eigenvalue weighted by atomic mass is 14.5. The van der Waals surface area contributed by atoms with Crippen molar-refractivity contribution in [3.8, 4) is 0 Å². The molecule has 0 amide bonds. The van der Waals surface area contributed by atoms with E-state index in [1.54, 1.807) is 16.7 Å². The maximum Gasteiger partial charge on any atom is -0.0124 e. The zero-order chi connectivity index (χ0) is 9.00. The summed E-state index contributed by atoms with van der Waals surface area (Å²) in [4.78, 5) is 0. The first kappa shape index (κ1) is 7.61. The molecular weight excluding hydrogens is 156 g/mol. The number of hydrogen-bond acceptors (Lipinski definition) is 0. The number of hydrogen-bond donors (Lipinski definition) is 0. The van der Waals surface area contributed by atoms with Crippen LogP contribution in [0.4, 0.5) is 0 Å². The Kier molecular flexibility index (Phi) is 1.39. The van der Waals surface area contributed by atoms with E-state index in [2.05, 4.69) is 32.0 Å². The van der Waals surface area contributed by atoms with E-state index >= 15 is 0 Å². The molecule has 68 valence electrons. The Bertz CT molecular complexity index is 349. The van der Waals surface area contributed by atoms with E-state index in [4.69, 9.17) is 0 Å². The predicted octanol–water partition coefficient (Wildman–Crippen LogP) is 3.47. The van der Waals surface area contributed by atoms with Crippen molar-refractivity contribution in [2.24, 2.45) is 5.92 Å². The summed E-state index contributed by atoms with van der Waals surface area (Å²) < 4.78 is 0. The fourth-order valence-electron chi connectivity index (χ4n) is 2.86. The lowest BCUT2D eigenvalue weighted by atomic mass is 9.92. The van der Waals surface area contributed by atoms with E-state index in [0.717, 1.165) is 11.8 Å². The number of rotatable bonds is 1. The fourth-order valence-corrected chi connectivity index (χ4v) is 2.86.